The van der Waals surface area contributed by atoms with Gasteiger partial charge in [-0.15, -0.1) is 0 Å². The highest BCUT2D eigenvalue weighted by atomic mass is 35.5. The molecular weight excluding hydrogens is 371 g/mol. The van der Waals surface area contributed by atoms with Crippen molar-refractivity contribution in [1.82, 2.24) is 0 Å². The molecule has 1 amide bonds. The molecule has 0 bridgehead atoms. The smallest absolute Gasteiger partial charge is 0.246 e. The number of carbonyl (C=O) groups excluding carboxylic acids is 1. The molecule has 1 aliphatic rings. The quantitative estimate of drug-likeness (QED) is 0.751. The first-order chi connectivity index (χ1) is 12.9. The van der Waals surface area contributed by atoms with Crippen molar-refractivity contribution in [2.45, 2.75) is 39.3 Å². The largest absolute Gasteiger partial charge is 0.492 e. The number of amides is 1. The van der Waals surface area contributed by atoms with Crippen LogP contribution in [0.1, 0.15) is 26.3 Å². The standard InChI is InChI=1S/C20H22ClFN2O3/c1-4-26-19-8-13-7-11(2)27-18(13)10-17(19)23-12(3)20(25)24-16-6-5-14(22)9-15(16)21/h5-6,8-12,23H,4,7H2,1-3H3,(H,24,25). The van der Waals surface area contributed by atoms with Gasteiger partial charge >= 0.3 is 0 Å². The molecule has 2 aromatic rings. The van der Waals surface area contributed by atoms with Crippen LogP contribution in [0.25, 0.3) is 0 Å². The van der Waals surface area contributed by atoms with Gasteiger partial charge in [0.1, 0.15) is 29.5 Å². The Labute approximate surface area is 162 Å². The second kappa shape index (κ2) is 8.05. The fourth-order valence-corrected chi connectivity index (χ4v) is 3.17. The summed E-state index contributed by atoms with van der Waals surface area (Å²) in [4.78, 5) is 12.5. The van der Waals surface area contributed by atoms with Crippen molar-refractivity contribution < 1.29 is 18.7 Å². The molecule has 0 aliphatic carbocycles. The fraction of sp³-hybridized carbons (Fsp3) is 0.350. The van der Waals surface area contributed by atoms with E-state index in [1.165, 1.54) is 12.1 Å². The van der Waals surface area contributed by atoms with Gasteiger partial charge < -0.3 is 20.1 Å². The summed E-state index contributed by atoms with van der Waals surface area (Å²) in [5.74, 6) is 0.703. The minimum absolute atomic E-state index is 0.117. The Morgan fingerprint density at radius 2 is 2.15 bits per heavy atom. The molecule has 1 heterocycles. The van der Waals surface area contributed by atoms with Crippen LogP contribution in [-0.2, 0) is 11.2 Å². The number of anilines is 2. The van der Waals surface area contributed by atoms with E-state index in [1.807, 2.05) is 26.0 Å². The molecule has 0 saturated carbocycles. The number of halogens is 2. The number of hydrogen-bond donors (Lipinski definition) is 2. The van der Waals surface area contributed by atoms with Crippen molar-refractivity contribution >= 4 is 28.9 Å². The van der Waals surface area contributed by atoms with E-state index in [2.05, 4.69) is 10.6 Å². The van der Waals surface area contributed by atoms with Crippen molar-refractivity contribution in [2.75, 3.05) is 17.2 Å². The second-order valence-electron chi connectivity index (χ2n) is 6.50. The summed E-state index contributed by atoms with van der Waals surface area (Å²) in [5, 5.41) is 6.00. The molecule has 0 radical (unpaired) electrons. The lowest BCUT2D eigenvalue weighted by Gasteiger charge is -2.19. The molecule has 0 saturated heterocycles. The lowest BCUT2D eigenvalue weighted by atomic mass is 10.1. The Bertz CT molecular complexity index is 859. The molecule has 144 valence electrons. The average molecular weight is 393 g/mol. The molecule has 2 aromatic carbocycles. The first-order valence-corrected chi connectivity index (χ1v) is 9.24. The molecule has 2 N–H and O–H groups in total. The zero-order valence-electron chi connectivity index (χ0n) is 15.4. The number of rotatable bonds is 6. The Hall–Kier alpha value is -2.47. The third-order valence-corrected chi connectivity index (χ3v) is 4.57. The van der Waals surface area contributed by atoms with Crippen LogP contribution in [-0.4, -0.2) is 24.7 Å². The van der Waals surface area contributed by atoms with Crippen LogP contribution in [0.4, 0.5) is 15.8 Å². The summed E-state index contributed by atoms with van der Waals surface area (Å²) < 4.78 is 24.7. The highest BCUT2D eigenvalue weighted by Gasteiger charge is 2.23. The van der Waals surface area contributed by atoms with Crippen molar-refractivity contribution in [1.29, 1.82) is 0 Å². The van der Waals surface area contributed by atoms with Gasteiger partial charge in [0.25, 0.3) is 0 Å². The lowest BCUT2D eigenvalue weighted by molar-refractivity contribution is -0.116. The van der Waals surface area contributed by atoms with E-state index in [-0.39, 0.29) is 17.0 Å². The first kappa shape index (κ1) is 19.3. The number of ether oxygens (including phenoxy) is 2. The van der Waals surface area contributed by atoms with Gasteiger partial charge in [-0.3, -0.25) is 4.79 Å². The summed E-state index contributed by atoms with van der Waals surface area (Å²) in [7, 11) is 0. The van der Waals surface area contributed by atoms with Gasteiger partial charge in [-0.2, -0.15) is 0 Å². The maximum absolute atomic E-state index is 13.1. The molecule has 2 atom stereocenters. The van der Waals surface area contributed by atoms with Crippen LogP contribution >= 0.6 is 11.6 Å². The van der Waals surface area contributed by atoms with Gasteiger partial charge in [-0.05, 0) is 45.0 Å². The Kier molecular flexibility index (Phi) is 5.75. The maximum atomic E-state index is 13.1. The first-order valence-electron chi connectivity index (χ1n) is 8.86. The third kappa shape index (κ3) is 4.45. The van der Waals surface area contributed by atoms with E-state index in [1.54, 1.807) is 6.92 Å². The molecule has 0 fully saturated rings. The zero-order chi connectivity index (χ0) is 19.6. The summed E-state index contributed by atoms with van der Waals surface area (Å²) in [6.45, 7) is 6.15. The fourth-order valence-electron chi connectivity index (χ4n) is 2.96. The van der Waals surface area contributed by atoms with E-state index in [4.69, 9.17) is 21.1 Å². The number of nitrogens with one attached hydrogen (secondary N) is 2. The molecule has 3 rings (SSSR count). The summed E-state index contributed by atoms with van der Waals surface area (Å²) in [6, 6.07) is 7.05. The van der Waals surface area contributed by atoms with Gasteiger partial charge in [0, 0.05) is 18.1 Å². The number of fused-ring (bicyclic) bond motifs is 1. The van der Waals surface area contributed by atoms with E-state index in [0.717, 1.165) is 23.8 Å². The zero-order valence-corrected chi connectivity index (χ0v) is 16.2. The molecular formula is C20H22ClFN2O3. The normalized spacial score (nSPS) is 16.3. The van der Waals surface area contributed by atoms with Crippen molar-refractivity contribution in [2.24, 2.45) is 0 Å². The van der Waals surface area contributed by atoms with Crippen LogP contribution < -0.4 is 20.1 Å². The van der Waals surface area contributed by atoms with Crippen LogP contribution in [0.5, 0.6) is 11.5 Å². The molecule has 2 unspecified atom stereocenters. The lowest BCUT2D eigenvalue weighted by Crippen LogP contribution is -2.32. The highest BCUT2D eigenvalue weighted by molar-refractivity contribution is 6.33. The van der Waals surface area contributed by atoms with Gasteiger partial charge in [0.05, 0.1) is 23.0 Å². The average Bonchev–Trinajstić information content (AvgIpc) is 2.96. The van der Waals surface area contributed by atoms with Crippen molar-refractivity contribution in [3.63, 3.8) is 0 Å². The van der Waals surface area contributed by atoms with Gasteiger partial charge in [0.2, 0.25) is 5.91 Å². The summed E-state index contributed by atoms with van der Waals surface area (Å²) in [5.41, 5.74) is 2.12. The molecule has 7 heteroatoms. The highest BCUT2D eigenvalue weighted by Crippen LogP contribution is 2.38. The number of hydrogen-bond acceptors (Lipinski definition) is 4. The molecule has 0 spiro atoms. The Morgan fingerprint density at radius 1 is 1.37 bits per heavy atom. The molecule has 5 nitrogen and oxygen atoms in total. The van der Waals surface area contributed by atoms with Gasteiger partial charge in [-0.25, -0.2) is 4.39 Å². The van der Waals surface area contributed by atoms with E-state index in [0.29, 0.717) is 23.7 Å². The van der Waals surface area contributed by atoms with Crippen LogP contribution in [0.3, 0.4) is 0 Å². The SMILES string of the molecule is CCOc1cc2c(cc1NC(C)C(=O)Nc1ccc(F)cc1Cl)OC(C)C2. The van der Waals surface area contributed by atoms with Crippen molar-refractivity contribution in [3.8, 4) is 11.5 Å². The topological polar surface area (TPSA) is 59.6 Å². The number of benzene rings is 2. The predicted octanol–water partition coefficient (Wildman–Crippen LogP) is 4.64. The molecule has 0 aromatic heterocycles. The summed E-state index contributed by atoms with van der Waals surface area (Å²) in [6.07, 6.45) is 0.945. The second-order valence-corrected chi connectivity index (χ2v) is 6.91. The van der Waals surface area contributed by atoms with E-state index in [9.17, 15) is 9.18 Å². The third-order valence-electron chi connectivity index (χ3n) is 4.25. The van der Waals surface area contributed by atoms with E-state index >= 15 is 0 Å². The Morgan fingerprint density at radius 3 is 2.85 bits per heavy atom. The molecule has 27 heavy (non-hydrogen) atoms. The number of carbonyl (C=O) groups is 1. The minimum Gasteiger partial charge on any atom is -0.492 e. The van der Waals surface area contributed by atoms with E-state index < -0.39 is 11.9 Å². The molecule has 1 aliphatic heterocycles. The van der Waals surface area contributed by atoms with Gasteiger partial charge in [-0.1, -0.05) is 11.6 Å². The van der Waals surface area contributed by atoms with Crippen LogP contribution in [0.15, 0.2) is 30.3 Å². The van der Waals surface area contributed by atoms with Crippen LogP contribution in [0.2, 0.25) is 5.02 Å². The summed E-state index contributed by atoms with van der Waals surface area (Å²) >= 11 is 5.97. The maximum Gasteiger partial charge on any atom is 0.246 e. The Balaban J connectivity index is 1.75. The monoisotopic (exact) mass is 392 g/mol. The predicted molar refractivity (Wildman–Crippen MR) is 105 cm³/mol. The van der Waals surface area contributed by atoms with Crippen molar-refractivity contribution in [3.05, 3.63) is 46.7 Å². The minimum atomic E-state index is -0.581. The van der Waals surface area contributed by atoms with Crippen LogP contribution in [0, 0.1) is 5.82 Å². The van der Waals surface area contributed by atoms with Gasteiger partial charge in [0.15, 0.2) is 0 Å².